The van der Waals surface area contributed by atoms with E-state index in [1.165, 1.54) is 49.8 Å². The van der Waals surface area contributed by atoms with Crippen LogP contribution in [0.1, 0.15) is 66.4 Å². The lowest BCUT2D eigenvalue weighted by Gasteiger charge is -2.18. The molecule has 0 unspecified atom stereocenters. The van der Waals surface area contributed by atoms with Crippen molar-refractivity contribution < 1.29 is 4.79 Å². The van der Waals surface area contributed by atoms with Gasteiger partial charge in [0.05, 0.1) is 24.7 Å². The summed E-state index contributed by atoms with van der Waals surface area (Å²) < 4.78 is 2.32. The minimum absolute atomic E-state index is 0.0948. The van der Waals surface area contributed by atoms with Crippen LogP contribution in [0.15, 0.2) is 17.5 Å². The second-order valence-electron chi connectivity index (χ2n) is 6.99. The Morgan fingerprint density at radius 3 is 2.88 bits per heavy atom. The molecule has 2 heterocycles. The summed E-state index contributed by atoms with van der Waals surface area (Å²) in [6, 6.07) is 4.60. The second kappa shape index (κ2) is 7.09. The molecule has 0 aliphatic heterocycles. The average Bonchev–Trinajstić information content (AvgIpc) is 3.33. The highest BCUT2D eigenvalue weighted by Gasteiger charge is 2.26. The van der Waals surface area contributed by atoms with Crippen LogP contribution in [0.3, 0.4) is 0 Å². The molecule has 0 spiro atoms. The minimum Gasteiger partial charge on any atom is -0.350 e. The molecule has 2 aromatic rings. The van der Waals surface area contributed by atoms with E-state index < -0.39 is 0 Å². The van der Waals surface area contributed by atoms with Crippen molar-refractivity contribution in [2.45, 2.75) is 70.4 Å². The second-order valence-corrected chi connectivity index (χ2v) is 8.03. The number of hydrogen-bond donors (Lipinski definition) is 1. The normalized spacial score (nSPS) is 17.8. The van der Waals surface area contributed by atoms with Crippen LogP contribution >= 0.6 is 11.3 Å². The first-order valence-corrected chi connectivity index (χ1v) is 10.1. The van der Waals surface area contributed by atoms with Crippen LogP contribution in [0.2, 0.25) is 0 Å². The van der Waals surface area contributed by atoms with Gasteiger partial charge in [-0.25, -0.2) is 0 Å². The Balaban J connectivity index is 1.47. The quantitative estimate of drug-likeness (QED) is 0.898. The van der Waals surface area contributed by atoms with E-state index in [1.807, 2.05) is 17.5 Å². The summed E-state index contributed by atoms with van der Waals surface area (Å²) >= 11 is 1.64. The van der Waals surface area contributed by atoms with Gasteiger partial charge in [-0.15, -0.1) is 11.3 Å². The molecule has 1 amide bonds. The number of amides is 1. The van der Waals surface area contributed by atoms with E-state index in [4.69, 9.17) is 5.10 Å². The van der Waals surface area contributed by atoms with Crippen molar-refractivity contribution in [1.29, 1.82) is 0 Å². The summed E-state index contributed by atoms with van der Waals surface area (Å²) in [5, 5.41) is 10.0. The van der Waals surface area contributed by atoms with Crippen molar-refractivity contribution in [2.75, 3.05) is 0 Å². The van der Waals surface area contributed by atoms with Crippen molar-refractivity contribution >= 4 is 17.2 Å². The molecule has 0 radical (unpaired) electrons. The number of hydrogen-bond acceptors (Lipinski definition) is 3. The number of thiophene rings is 1. The zero-order valence-corrected chi connectivity index (χ0v) is 14.9. The molecule has 5 heteroatoms. The summed E-state index contributed by atoms with van der Waals surface area (Å²) in [6.45, 7) is 0.576. The molecule has 0 bridgehead atoms. The summed E-state index contributed by atoms with van der Waals surface area (Å²) in [6.07, 6.45) is 10.5. The third-order valence-electron chi connectivity index (χ3n) is 5.33. The first kappa shape index (κ1) is 15.9. The van der Waals surface area contributed by atoms with Crippen molar-refractivity contribution in [3.05, 3.63) is 39.3 Å². The standard InChI is InChI=1S/C19H25N3OS/c23-19(12-15-8-5-11-24-15)20-13-17-16-9-3-4-10-18(16)22(21-17)14-6-1-2-7-14/h5,8,11,14H,1-4,6-7,9-10,12-13H2,(H,20,23). The van der Waals surface area contributed by atoms with Gasteiger partial charge in [-0.2, -0.15) is 5.10 Å². The molecule has 1 fully saturated rings. The number of nitrogens with zero attached hydrogens (tertiary/aromatic N) is 2. The molecule has 1 saturated carbocycles. The van der Waals surface area contributed by atoms with Crippen LogP contribution in [-0.2, 0) is 30.6 Å². The first-order valence-electron chi connectivity index (χ1n) is 9.19. The van der Waals surface area contributed by atoms with E-state index in [1.54, 1.807) is 11.3 Å². The highest BCUT2D eigenvalue weighted by atomic mass is 32.1. The highest BCUT2D eigenvalue weighted by molar-refractivity contribution is 7.10. The van der Waals surface area contributed by atoms with E-state index in [0.29, 0.717) is 19.0 Å². The van der Waals surface area contributed by atoms with E-state index in [9.17, 15) is 4.79 Å². The minimum atomic E-state index is 0.0948. The number of carbonyl (C=O) groups excluding carboxylic acids is 1. The van der Waals surface area contributed by atoms with Crippen LogP contribution in [0.5, 0.6) is 0 Å². The van der Waals surface area contributed by atoms with Crippen molar-refractivity contribution in [3.8, 4) is 0 Å². The Labute approximate surface area is 147 Å². The van der Waals surface area contributed by atoms with E-state index in [-0.39, 0.29) is 5.91 Å². The Hall–Kier alpha value is -1.62. The van der Waals surface area contributed by atoms with Crippen molar-refractivity contribution in [1.82, 2.24) is 15.1 Å². The lowest BCUT2D eigenvalue weighted by atomic mass is 9.95. The summed E-state index contributed by atoms with van der Waals surface area (Å²) in [4.78, 5) is 13.3. The molecule has 128 valence electrons. The predicted octanol–water partition coefficient (Wildman–Crippen LogP) is 3.80. The molecule has 2 aromatic heterocycles. The van der Waals surface area contributed by atoms with Gasteiger partial charge in [0.15, 0.2) is 0 Å². The van der Waals surface area contributed by atoms with E-state index in [0.717, 1.165) is 23.4 Å². The van der Waals surface area contributed by atoms with Gasteiger partial charge in [-0.05, 0) is 55.5 Å². The fourth-order valence-electron chi connectivity index (χ4n) is 4.11. The maximum absolute atomic E-state index is 12.2. The zero-order chi connectivity index (χ0) is 16.4. The van der Waals surface area contributed by atoms with Gasteiger partial charge >= 0.3 is 0 Å². The van der Waals surface area contributed by atoms with E-state index in [2.05, 4.69) is 10.00 Å². The van der Waals surface area contributed by atoms with Gasteiger partial charge in [0.1, 0.15) is 0 Å². The third kappa shape index (κ3) is 3.27. The molecule has 4 rings (SSSR count). The number of fused-ring (bicyclic) bond motifs is 1. The molecule has 4 nitrogen and oxygen atoms in total. The molecule has 0 saturated heterocycles. The van der Waals surface area contributed by atoms with Gasteiger partial charge in [0, 0.05) is 10.6 Å². The van der Waals surface area contributed by atoms with Gasteiger partial charge in [-0.1, -0.05) is 18.9 Å². The summed E-state index contributed by atoms with van der Waals surface area (Å²) in [5.74, 6) is 0.0948. The smallest absolute Gasteiger partial charge is 0.225 e. The molecule has 2 aliphatic rings. The van der Waals surface area contributed by atoms with Gasteiger partial charge in [0.2, 0.25) is 5.91 Å². The van der Waals surface area contributed by atoms with Gasteiger partial charge < -0.3 is 5.32 Å². The molecule has 0 aromatic carbocycles. The van der Waals surface area contributed by atoms with Crippen molar-refractivity contribution in [2.24, 2.45) is 0 Å². The SMILES string of the molecule is O=C(Cc1cccs1)NCc1nn(C2CCCC2)c2c1CCCC2. The Bertz CT molecular complexity index is 699. The predicted molar refractivity (Wildman–Crippen MR) is 96.2 cm³/mol. The maximum atomic E-state index is 12.2. The van der Waals surface area contributed by atoms with Crippen molar-refractivity contribution in [3.63, 3.8) is 0 Å². The summed E-state index contributed by atoms with van der Waals surface area (Å²) in [7, 11) is 0. The number of nitrogens with one attached hydrogen (secondary N) is 1. The fraction of sp³-hybridized carbons (Fsp3) is 0.579. The molecule has 24 heavy (non-hydrogen) atoms. The Morgan fingerprint density at radius 1 is 1.25 bits per heavy atom. The Kier molecular flexibility index (Phi) is 4.69. The molecule has 0 atom stereocenters. The third-order valence-corrected chi connectivity index (χ3v) is 6.21. The largest absolute Gasteiger partial charge is 0.350 e. The molecular formula is C19H25N3OS. The number of carbonyl (C=O) groups is 1. The van der Waals surface area contributed by atoms with Gasteiger partial charge in [0.25, 0.3) is 0 Å². The zero-order valence-electron chi connectivity index (χ0n) is 14.1. The topological polar surface area (TPSA) is 46.9 Å². The number of aromatic nitrogens is 2. The lowest BCUT2D eigenvalue weighted by Crippen LogP contribution is -2.25. The monoisotopic (exact) mass is 343 g/mol. The fourth-order valence-corrected chi connectivity index (χ4v) is 4.82. The molecule has 2 aliphatic carbocycles. The van der Waals surface area contributed by atoms with Gasteiger partial charge in [-0.3, -0.25) is 9.48 Å². The Morgan fingerprint density at radius 2 is 2.08 bits per heavy atom. The van der Waals surface area contributed by atoms with Crippen LogP contribution in [0, 0.1) is 0 Å². The molecule has 1 N–H and O–H groups in total. The van der Waals surface area contributed by atoms with Crippen LogP contribution < -0.4 is 5.32 Å². The first-order chi connectivity index (χ1) is 11.8. The van der Waals surface area contributed by atoms with Crippen LogP contribution in [-0.4, -0.2) is 15.7 Å². The molecular weight excluding hydrogens is 318 g/mol. The van der Waals surface area contributed by atoms with Crippen LogP contribution in [0.25, 0.3) is 0 Å². The summed E-state index contributed by atoms with van der Waals surface area (Å²) in [5.41, 5.74) is 3.98. The lowest BCUT2D eigenvalue weighted by molar-refractivity contribution is -0.120. The van der Waals surface area contributed by atoms with Crippen LogP contribution in [0.4, 0.5) is 0 Å². The average molecular weight is 343 g/mol. The van der Waals surface area contributed by atoms with E-state index >= 15 is 0 Å². The number of rotatable bonds is 5. The highest BCUT2D eigenvalue weighted by Crippen LogP contribution is 2.34. The maximum Gasteiger partial charge on any atom is 0.225 e.